The van der Waals surface area contributed by atoms with Gasteiger partial charge in [0, 0.05) is 49.9 Å². The molecule has 7 nitrogen and oxygen atoms in total. The van der Waals surface area contributed by atoms with Crippen LogP contribution in [-0.2, 0) is 0 Å². The maximum Gasteiger partial charge on any atom is 0.270 e. The second-order valence-corrected chi connectivity index (χ2v) is 6.76. The molecule has 2 heterocycles. The SMILES string of the molecule is CN(C)c1ccc(-c2nc3ccccn3c2N=Cc2cccc([N+](=O)[O-])c2)cc1. The summed E-state index contributed by atoms with van der Waals surface area (Å²) in [4.78, 5) is 22.0. The van der Waals surface area contributed by atoms with Crippen LogP contribution in [0.25, 0.3) is 16.9 Å². The summed E-state index contributed by atoms with van der Waals surface area (Å²) in [5.41, 5.74) is 4.27. The zero-order valence-corrected chi connectivity index (χ0v) is 16.1. The molecule has 0 saturated carbocycles. The minimum absolute atomic E-state index is 0.0339. The molecule has 144 valence electrons. The van der Waals surface area contributed by atoms with E-state index in [2.05, 4.69) is 4.99 Å². The first-order valence-corrected chi connectivity index (χ1v) is 9.06. The highest BCUT2D eigenvalue weighted by Gasteiger charge is 2.13. The van der Waals surface area contributed by atoms with Crippen molar-refractivity contribution in [3.8, 4) is 11.3 Å². The van der Waals surface area contributed by atoms with Crippen LogP contribution in [0.15, 0.2) is 77.9 Å². The van der Waals surface area contributed by atoms with Crippen molar-refractivity contribution in [1.29, 1.82) is 0 Å². The van der Waals surface area contributed by atoms with E-state index < -0.39 is 4.92 Å². The topological polar surface area (TPSA) is 76.0 Å². The number of fused-ring (bicyclic) bond motifs is 1. The van der Waals surface area contributed by atoms with E-state index in [1.54, 1.807) is 18.3 Å². The van der Waals surface area contributed by atoms with Gasteiger partial charge in [-0.25, -0.2) is 9.98 Å². The Morgan fingerprint density at radius 3 is 2.59 bits per heavy atom. The lowest BCUT2D eigenvalue weighted by Crippen LogP contribution is -2.07. The van der Waals surface area contributed by atoms with E-state index in [1.807, 2.05) is 72.1 Å². The summed E-state index contributed by atoms with van der Waals surface area (Å²) in [6.07, 6.45) is 3.53. The van der Waals surface area contributed by atoms with Crippen LogP contribution in [0.2, 0.25) is 0 Å². The molecule has 0 aliphatic heterocycles. The third-order valence-electron chi connectivity index (χ3n) is 4.58. The van der Waals surface area contributed by atoms with Gasteiger partial charge in [0.1, 0.15) is 11.3 Å². The van der Waals surface area contributed by atoms with Crippen LogP contribution in [0.5, 0.6) is 0 Å². The van der Waals surface area contributed by atoms with Crippen LogP contribution in [0.4, 0.5) is 17.2 Å². The molecule has 0 atom stereocenters. The fourth-order valence-electron chi connectivity index (χ4n) is 3.07. The maximum absolute atomic E-state index is 11.0. The molecule has 0 saturated heterocycles. The number of nitrogens with zero attached hydrogens (tertiary/aromatic N) is 5. The standard InChI is InChI=1S/C22H19N5O2/c1-25(2)18-11-9-17(10-12-18)21-22(26-13-4-3-8-20(26)24-21)23-15-16-6-5-7-19(14-16)27(28)29/h3-15H,1-2H3. The van der Waals surface area contributed by atoms with Crippen molar-refractivity contribution in [3.63, 3.8) is 0 Å². The highest BCUT2D eigenvalue weighted by Crippen LogP contribution is 2.32. The Hall–Kier alpha value is -4.00. The molecule has 0 radical (unpaired) electrons. The van der Waals surface area contributed by atoms with Gasteiger partial charge in [-0.3, -0.25) is 14.5 Å². The number of hydrogen-bond acceptors (Lipinski definition) is 5. The lowest BCUT2D eigenvalue weighted by atomic mass is 10.1. The molecule has 0 bridgehead atoms. The molecule has 7 heteroatoms. The first kappa shape index (κ1) is 18.4. The molecule has 0 aliphatic rings. The Kier molecular flexibility index (Phi) is 4.78. The van der Waals surface area contributed by atoms with Gasteiger partial charge >= 0.3 is 0 Å². The fourth-order valence-corrected chi connectivity index (χ4v) is 3.07. The average molecular weight is 385 g/mol. The number of aliphatic imine (C=N–C) groups is 1. The van der Waals surface area contributed by atoms with Crippen molar-refractivity contribution >= 4 is 29.1 Å². The second kappa shape index (κ2) is 7.55. The zero-order chi connectivity index (χ0) is 20.4. The van der Waals surface area contributed by atoms with Crippen molar-refractivity contribution in [2.24, 2.45) is 4.99 Å². The zero-order valence-electron chi connectivity index (χ0n) is 16.1. The molecule has 0 N–H and O–H groups in total. The van der Waals surface area contributed by atoms with Crippen LogP contribution in [-0.4, -0.2) is 34.6 Å². The highest BCUT2D eigenvalue weighted by atomic mass is 16.6. The molecule has 0 fully saturated rings. The van der Waals surface area contributed by atoms with E-state index in [1.165, 1.54) is 12.1 Å². The Bertz CT molecular complexity index is 1210. The van der Waals surface area contributed by atoms with Crippen LogP contribution in [0, 0.1) is 10.1 Å². The molecule has 4 aromatic rings. The first-order valence-electron chi connectivity index (χ1n) is 9.06. The van der Waals surface area contributed by atoms with Gasteiger partial charge in [-0.2, -0.15) is 0 Å². The highest BCUT2D eigenvalue weighted by molar-refractivity contribution is 5.86. The normalized spacial score (nSPS) is 11.2. The van der Waals surface area contributed by atoms with Crippen molar-refractivity contribution in [2.45, 2.75) is 0 Å². The summed E-state index contributed by atoms with van der Waals surface area (Å²) in [6.45, 7) is 0. The number of non-ortho nitro benzene ring substituents is 1. The number of nitro benzene ring substituents is 1. The number of rotatable bonds is 5. The van der Waals surface area contributed by atoms with Crippen LogP contribution in [0.3, 0.4) is 0 Å². The van der Waals surface area contributed by atoms with Gasteiger partial charge in [-0.1, -0.05) is 30.3 Å². The number of aromatic nitrogens is 2. The monoisotopic (exact) mass is 385 g/mol. The minimum atomic E-state index is -0.413. The Morgan fingerprint density at radius 1 is 1.07 bits per heavy atom. The van der Waals surface area contributed by atoms with E-state index >= 15 is 0 Å². The van der Waals surface area contributed by atoms with E-state index in [0.717, 1.165) is 22.6 Å². The molecule has 0 aliphatic carbocycles. The Balaban J connectivity index is 1.80. The molecule has 4 rings (SSSR count). The van der Waals surface area contributed by atoms with Crippen molar-refractivity contribution in [3.05, 3.63) is 88.6 Å². The predicted octanol–water partition coefficient (Wildman–Crippen LogP) is 4.73. The van der Waals surface area contributed by atoms with Crippen LogP contribution >= 0.6 is 0 Å². The number of hydrogen-bond donors (Lipinski definition) is 0. The largest absolute Gasteiger partial charge is 0.378 e. The molecule has 29 heavy (non-hydrogen) atoms. The summed E-state index contributed by atoms with van der Waals surface area (Å²) < 4.78 is 1.91. The van der Waals surface area contributed by atoms with E-state index in [4.69, 9.17) is 4.98 Å². The number of nitro groups is 1. The van der Waals surface area contributed by atoms with Crippen LogP contribution < -0.4 is 4.90 Å². The predicted molar refractivity (Wildman–Crippen MR) is 115 cm³/mol. The van der Waals surface area contributed by atoms with E-state index in [-0.39, 0.29) is 5.69 Å². The molecule has 0 amide bonds. The third-order valence-corrected chi connectivity index (χ3v) is 4.58. The second-order valence-electron chi connectivity index (χ2n) is 6.76. The molecule has 2 aromatic carbocycles. The summed E-state index contributed by atoms with van der Waals surface area (Å²) in [5, 5.41) is 11.0. The lowest BCUT2D eigenvalue weighted by Gasteiger charge is -2.12. The van der Waals surface area contributed by atoms with Gasteiger partial charge in [-0.15, -0.1) is 0 Å². The molecule has 0 unspecified atom stereocenters. The number of imidazole rings is 1. The molecular formula is C22H19N5O2. The van der Waals surface area contributed by atoms with Crippen molar-refractivity contribution < 1.29 is 4.92 Å². The molecule has 2 aromatic heterocycles. The summed E-state index contributed by atoms with van der Waals surface area (Å²) in [7, 11) is 3.99. The van der Waals surface area contributed by atoms with Gasteiger partial charge < -0.3 is 4.90 Å². The maximum atomic E-state index is 11.0. The molecular weight excluding hydrogens is 366 g/mol. The van der Waals surface area contributed by atoms with Crippen LogP contribution in [0.1, 0.15) is 5.56 Å². The van der Waals surface area contributed by atoms with Crippen molar-refractivity contribution in [2.75, 3.05) is 19.0 Å². The van der Waals surface area contributed by atoms with E-state index in [9.17, 15) is 10.1 Å². The smallest absolute Gasteiger partial charge is 0.270 e. The average Bonchev–Trinajstić information content (AvgIpc) is 3.11. The summed E-state index contributed by atoms with van der Waals surface area (Å²) in [5.74, 6) is 0.671. The number of benzene rings is 2. The Morgan fingerprint density at radius 2 is 1.86 bits per heavy atom. The summed E-state index contributed by atoms with van der Waals surface area (Å²) >= 11 is 0. The number of anilines is 1. The van der Waals surface area contributed by atoms with Gasteiger partial charge in [0.2, 0.25) is 0 Å². The number of pyridine rings is 1. The minimum Gasteiger partial charge on any atom is -0.378 e. The van der Waals surface area contributed by atoms with Gasteiger partial charge in [-0.05, 0) is 29.8 Å². The van der Waals surface area contributed by atoms with Gasteiger partial charge in [0.15, 0.2) is 5.82 Å². The third kappa shape index (κ3) is 3.70. The quantitative estimate of drug-likeness (QED) is 0.283. The van der Waals surface area contributed by atoms with Gasteiger partial charge in [0.05, 0.1) is 4.92 Å². The fraction of sp³-hybridized carbons (Fsp3) is 0.0909. The molecule has 0 spiro atoms. The van der Waals surface area contributed by atoms with Crippen molar-refractivity contribution in [1.82, 2.24) is 9.38 Å². The summed E-state index contributed by atoms with van der Waals surface area (Å²) in [6, 6.07) is 20.3. The Labute approximate surface area is 167 Å². The van der Waals surface area contributed by atoms with Gasteiger partial charge in [0.25, 0.3) is 5.69 Å². The van der Waals surface area contributed by atoms with E-state index in [0.29, 0.717) is 11.4 Å². The lowest BCUT2D eigenvalue weighted by molar-refractivity contribution is -0.384. The first-order chi connectivity index (χ1) is 14.0.